The first-order valence-electron chi connectivity index (χ1n) is 9.26. The zero-order valence-electron chi connectivity index (χ0n) is 15.5. The summed E-state index contributed by atoms with van der Waals surface area (Å²) in [5.74, 6) is -0.244. The van der Waals surface area contributed by atoms with Crippen molar-refractivity contribution in [3.63, 3.8) is 0 Å². The second-order valence-corrected chi connectivity index (χ2v) is 7.15. The van der Waals surface area contributed by atoms with Gasteiger partial charge in [0.15, 0.2) is 0 Å². The van der Waals surface area contributed by atoms with Crippen LogP contribution in [0.5, 0.6) is 5.75 Å². The van der Waals surface area contributed by atoms with Crippen LogP contribution >= 0.6 is 0 Å². The summed E-state index contributed by atoms with van der Waals surface area (Å²) in [6.45, 7) is 1.88. The van der Waals surface area contributed by atoms with Gasteiger partial charge in [0.05, 0.1) is 6.54 Å². The molecule has 2 aromatic rings. The average Bonchev–Trinajstić information content (AvgIpc) is 2.69. The number of hydrogen-bond acceptors (Lipinski definition) is 4. The summed E-state index contributed by atoms with van der Waals surface area (Å²) >= 11 is 0. The van der Waals surface area contributed by atoms with Crippen LogP contribution in [-0.2, 0) is 11.3 Å². The molecule has 150 valence electrons. The summed E-state index contributed by atoms with van der Waals surface area (Å²) in [6.07, 6.45) is 0.971. The minimum absolute atomic E-state index is 0.114. The lowest BCUT2D eigenvalue weighted by Gasteiger charge is -2.37. The third kappa shape index (κ3) is 6.00. The Balaban J connectivity index is 1.38. The van der Waals surface area contributed by atoms with Crippen molar-refractivity contribution in [2.24, 2.45) is 0 Å². The van der Waals surface area contributed by atoms with E-state index >= 15 is 0 Å². The van der Waals surface area contributed by atoms with Crippen LogP contribution in [0.15, 0.2) is 48.5 Å². The Morgan fingerprint density at radius 1 is 1.04 bits per heavy atom. The van der Waals surface area contributed by atoms with Gasteiger partial charge in [-0.1, -0.05) is 12.1 Å². The Kier molecular flexibility index (Phi) is 6.59. The van der Waals surface area contributed by atoms with Crippen LogP contribution in [0.1, 0.15) is 18.4 Å². The molecule has 0 unspecified atom stereocenters. The van der Waals surface area contributed by atoms with Crippen LogP contribution in [0, 0.1) is 11.6 Å². The van der Waals surface area contributed by atoms with E-state index in [9.17, 15) is 18.7 Å². The van der Waals surface area contributed by atoms with Gasteiger partial charge in [0.25, 0.3) is 0 Å². The fourth-order valence-corrected chi connectivity index (χ4v) is 3.08. The number of amides is 1. The Hall–Kier alpha value is -2.51. The van der Waals surface area contributed by atoms with Gasteiger partial charge in [-0.2, -0.15) is 0 Å². The predicted octanol–water partition coefficient (Wildman–Crippen LogP) is 2.49. The van der Waals surface area contributed by atoms with E-state index in [1.54, 1.807) is 12.1 Å². The summed E-state index contributed by atoms with van der Waals surface area (Å²) in [5.41, 5.74) is -0.129. The van der Waals surface area contributed by atoms with Gasteiger partial charge in [-0.25, -0.2) is 8.78 Å². The summed E-state index contributed by atoms with van der Waals surface area (Å²) in [4.78, 5) is 14.1. The van der Waals surface area contributed by atoms with Gasteiger partial charge in [-0.05, 0) is 54.8 Å². The fourth-order valence-electron chi connectivity index (χ4n) is 3.08. The zero-order valence-corrected chi connectivity index (χ0v) is 15.5. The fraction of sp³-hybridized carbons (Fsp3) is 0.381. The number of halogens is 2. The number of aliphatic hydroxyl groups is 1. The molecule has 0 atom stereocenters. The first-order chi connectivity index (χ1) is 13.4. The molecule has 1 heterocycles. The predicted molar refractivity (Wildman–Crippen MR) is 101 cm³/mol. The quantitative estimate of drug-likeness (QED) is 0.763. The maximum Gasteiger partial charge on any atom is 0.234 e. The van der Waals surface area contributed by atoms with E-state index in [2.05, 4.69) is 5.32 Å². The molecule has 7 heteroatoms. The molecule has 2 N–H and O–H groups in total. The van der Waals surface area contributed by atoms with Crippen molar-refractivity contribution < 1.29 is 23.4 Å². The van der Waals surface area contributed by atoms with Crippen molar-refractivity contribution in [3.8, 4) is 5.75 Å². The van der Waals surface area contributed by atoms with Crippen molar-refractivity contribution in [3.05, 3.63) is 65.7 Å². The third-order valence-electron chi connectivity index (χ3n) is 4.88. The van der Waals surface area contributed by atoms with E-state index in [4.69, 9.17) is 4.74 Å². The van der Waals surface area contributed by atoms with Gasteiger partial charge in [-0.3, -0.25) is 9.69 Å². The lowest BCUT2D eigenvalue weighted by molar-refractivity contribution is -0.124. The van der Waals surface area contributed by atoms with Gasteiger partial charge in [-0.15, -0.1) is 0 Å². The number of rotatable bonds is 7. The monoisotopic (exact) mass is 390 g/mol. The van der Waals surface area contributed by atoms with Crippen LogP contribution in [0.25, 0.3) is 0 Å². The number of carbonyl (C=O) groups is 1. The number of nitrogens with one attached hydrogen (secondary N) is 1. The zero-order chi connectivity index (χ0) is 20.0. The number of benzene rings is 2. The smallest absolute Gasteiger partial charge is 0.234 e. The summed E-state index contributed by atoms with van der Waals surface area (Å²) in [7, 11) is 0. The molecule has 28 heavy (non-hydrogen) atoms. The van der Waals surface area contributed by atoms with Crippen LogP contribution < -0.4 is 10.1 Å². The summed E-state index contributed by atoms with van der Waals surface area (Å²) in [5, 5.41) is 13.5. The minimum Gasteiger partial charge on any atom is -0.491 e. The first kappa shape index (κ1) is 20.2. The van der Waals surface area contributed by atoms with Gasteiger partial charge in [0.2, 0.25) is 5.91 Å². The molecule has 0 aromatic heterocycles. The number of likely N-dealkylation sites (tertiary alicyclic amines) is 1. The van der Waals surface area contributed by atoms with E-state index in [0.29, 0.717) is 38.2 Å². The number of piperidine rings is 1. The van der Waals surface area contributed by atoms with E-state index < -0.39 is 5.60 Å². The van der Waals surface area contributed by atoms with Crippen molar-refractivity contribution >= 4 is 5.91 Å². The van der Waals surface area contributed by atoms with Crippen LogP contribution in [-0.4, -0.2) is 47.8 Å². The maximum atomic E-state index is 12.9. The number of ether oxygens (including phenoxy) is 1. The Morgan fingerprint density at radius 2 is 1.61 bits per heavy atom. The summed E-state index contributed by atoms with van der Waals surface area (Å²) in [6, 6.07) is 11.7. The van der Waals surface area contributed by atoms with Gasteiger partial charge >= 0.3 is 0 Å². The Morgan fingerprint density at radius 3 is 2.21 bits per heavy atom. The molecule has 1 saturated heterocycles. The van der Waals surface area contributed by atoms with Crippen molar-refractivity contribution in [2.75, 3.05) is 26.2 Å². The molecule has 2 aromatic carbocycles. The first-order valence-corrected chi connectivity index (χ1v) is 9.26. The largest absolute Gasteiger partial charge is 0.491 e. The standard InChI is InChI=1S/C21H24F2N2O3/c22-17-3-1-16(2-4-17)13-24-20(26)14-25-11-9-21(27,10-12-25)15-28-19-7-5-18(23)6-8-19/h1-8,27H,9-15H2,(H,24,26). The molecule has 3 rings (SSSR count). The number of nitrogens with zero attached hydrogens (tertiary/aromatic N) is 1. The molecule has 0 aliphatic carbocycles. The molecule has 0 saturated carbocycles. The molecule has 0 radical (unpaired) electrons. The van der Waals surface area contributed by atoms with E-state index in [-0.39, 0.29) is 30.7 Å². The SMILES string of the molecule is O=C(CN1CCC(O)(COc2ccc(F)cc2)CC1)NCc1ccc(F)cc1. The topological polar surface area (TPSA) is 61.8 Å². The highest BCUT2D eigenvalue weighted by molar-refractivity contribution is 5.78. The lowest BCUT2D eigenvalue weighted by Crippen LogP contribution is -2.50. The molecule has 1 fully saturated rings. The van der Waals surface area contributed by atoms with E-state index in [1.165, 1.54) is 36.4 Å². The van der Waals surface area contributed by atoms with Crippen molar-refractivity contribution in [2.45, 2.75) is 25.0 Å². The molecule has 1 aliphatic heterocycles. The Labute approximate surface area is 162 Å². The molecule has 1 aliphatic rings. The highest BCUT2D eigenvalue weighted by Gasteiger charge is 2.33. The van der Waals surface area contributed by atoms with Gasteiger partial charge < -0.3 is 15.2 Å². The highest BCUT2D eigenvalue weighted by Crippen LogP contribution is 2.24. The van der Waals surface area contributed by atoms with E-state index in [0.717, 1.165) is 5.56 Å². The van der Waals surface area contributed by atoms with Crippen LogP contribution in [0.2, 0.25) is 0 Å². The molecule has 5 nitrogen and oxygen atoms in total. The minimum atomic E-state index is -0.963. The number of hydrogen-bond donors (Lipinski definition) is 2. The van der Waals surface area contributed by atoms with Crippen molar-refractivity contribution in [1.82, 2.24) is 10.2 Å². The second-order valence-electron chi connectivity index (χ2n) is 7.15. The molecular formula is C21H24F2N2O3. The normalized spacial score (nSPS) is 16.5. The molecule has 0 spiro atoms. The van der Waals surface area contributed by atoms with Crippen LogP contribution in [0.4, 0.5) is 8.78 Å². The lowest BCUT2D eigenvalue weighted by atomic mass is 9.92. The summed E-state index contributed by atoms with van der Waals surface area (Å²) < 4.78 is 31.4. The third-order valence-corrected chi connectivity index (χ3v) is 4.88. The Bertz CT molecular complexity index is 773. The number of carbonyl (C=O) groups excluding carboxylic acids is 1. The van der Waals surface area contributed by atoms with E-state index in [1.807, 2.05) is 4.90 Å². The van der Waals surface area contributed by atoms with Crippen molar-refractivity contribution in [1.29, 1.82) is 0 Å². The highest BCUT2D eigenvalue weighted by atomic mass is 19.1. The van der Waals surface area contributed by atoms with Gasteiger partial charge in [0, 0.05) is 19.6 Å². The molecule has 1 amide bonds. The average molecular weight is 390 g/mol. The van der Waals surface area contributed by atoms with Crippen LogP contribution in [0.3, 0.4) is 0 Å². The molecule has 0 bridgehead atoms. The maximum absolute atomic E-state index is 12.9. The second kappa shape index (κ2) is 9.12. The molecular weight excluding hydrogens is 366 g/mol. The van der Waals surface area contributed by atoms with Gasteiger partial charge in [0.1, 0.15) is 29.6 Å².